The maximum Gasteiger partial charge on any atom is 0.185 e. The van der Waals surface area contributed by atoms with E-state index in [1.165, 1.54) is 17.3 Å². The molecule has 2 rings (SSSR count). The molecule has 0 N–H and O–H groups in total. The molecule has 0 radical (unpaired) electrons. The fraction of sp³-hybridized carbons (Fsp3) is 0.100. The third-order valence-corrected chi connectivity index (χ3v) is 2.28. The average Bonchev–Trinajstić information content (AvgIpc) is 2.71. The highest BCUT2D eigenvalue weighted by molar-refractivity contribution is 6.33. The van der Waals surface area contributed by atoms with Crippen molar-refractivity contribution in [2.45, 2.75) is 6.54 Å². The largest absolute Gasteiger partial charge is 0.292 e. The molecule has 0 aliphatic rings. The van der Waals surface area contributed by atoms with Crippen LogP contribution in [0.15, 0.2) is 36.9 Å². The number of Topliss-reactive ketones (excluding diaryl/α,β-unsaturated/α-hetero) is 1. The maximum absolute atomic E-state index is 11.8. The van der Waals surface area contributed by atoms with Gasteiger partial charge in [0.1, 0.15) is 19.2 Å². The lowest BCUT2D eigenvalue weighted by Crippen LogP contribution is -2.11. The van der Waals surface area contributed by atoms with Crippen LogP contribution in [0.3, 0.4) is 0 Å². The second-order valence-corrected chi connectivity index (χ2v) is 3.40. The molecule has 1 aromatic heterocycles. The van der Waals surface area contributed by atoms with Crippen LogP contribution in [-0.2, 0) is 6.54 Å². The molecule has 0 atom stereocenters. The highest BCUT2D eigenvalue weighted by Gasteiger charge is 2.10. The summed E-state index contributed by atoms with van der Waals surface area (Å²) in [4.78, 5) is 15.5. The summed E-state index contributed by atoms with van der Waals surface area (Å²) in [5.74, 6) is -0.0777. The summed E-state index contributed by atoms with van der Waals surface area (Å²) in [6.45, 7) is 0.156. The van der Waals surface area contributed by atoms with E-state index in [-0.39, 0.29) is 12.3 Å². The second-order valence-electron chi connectivity index (χ2n) is 3.00. The Balaban J connectivity index is 2.19. The molecule has 0 spiro atoms. The topological polar surface area (TPSA) is 47.8 Å². The van der Waals surface area contributed by atoms with Gasteiger partial charge < -0.3 is 0 Å². The van der Waals surface area contributed by atoms with Gasteiger partial charge in [-0.25, -0.2) is 9.67 Å². The van der Waals surface area contributed by atoms with Crippen LogP contribution in [-0.4, -0.2) is 20.5 Å². The van der Waals surface area contributed by atoms with E-state index in [2.05, 4.69) is 10.1 Å². The van der Waals surface area contributed by atoms with Gasteiger partial charge in [-0.1, -0.05) is 23.7 Å². The van der Waals surface area contributed by atoms with Crippen molar-refractivity contribution in [2.75, 3.05) is 0 Å². The van der Waals surface area contributed by atoms with E-state index in [9.17, 15) is 4.79 Å². The fourth-order valence-corrected chi connectivity index (χ4v) is 1.48. The number of aromatic nitrogens is 3. The van der Waals surface area contributed by atoms with Gasteiger partial charge in [-0.2, -0.15) is 5.10 Å². The lowest BCUT2D eigenvalue weighted by Gasteiger charge is -2.02. The number of ketones is 1. The van der Waals surface area contributed by atoms with Crippen LogP contribution in [0.1, 0.15) is 10.4 Å². The number of benzene rings is 1. The zero-order valence-electron chi connectivity index (χ0n) is 7.80. The molecule has 0 saturated heterocycles. The molecular formula is C10H8ClN3O. The summed E-state index contributed by atoms with van der Waals surface area (Å²) in [7, 11) is 0. The van der Waals surface area contributed by atoms with E-state index in [0.717, 1.165) is 0 Å². The summed E-state index contributed by atoms with van der Waals surface area (Å²) in [5.41, 5.74) is 0.509. The lowest BCUT2D eigenvalue weighted by atomic mass is 10.1. The van der Waals surface area contributed by atoms with Gasteiger partial charge in [0.05, 0.1) is 5.02 Å². The minimum atomic E-state index is -0.0777. The van der Waals surface area contributed by atoms with Crippen molar-refractivity contribution in [3.63, 3.8) is 0 Å². The van der Waals surface area contributed by atoms with Crippen LogP contribution in [0.25, 0.3) is 0 Å². The predicted molar refractivity (Wildman–Crippen MR) is 55.8 cm³/mol. The molecule has 0 unspecified atom stereocenters. The number of hydrogen-bond acceptors (Lipinski definition) is 3. The van der Waals surface area contributed by atoms with Gasteiger partial charge in [-0.15, -0.1) is 0 Å². The lowest BCUT2D eigenvalue weighted by molar-refractivity contribution is 0.0967. The summed E-state index contributed by atoms with van der Waals surface area (Å²) in [5, 5.41) is 4.31. The van der Waals surface area contributed by atoms with Gasteiger partial charge in [0.15, 0.2) is 5.78 Å². The van der Waals surface area contributed by atoms with E-state index >= 15 is 0 Å². The van der Waals surface area contributed by atoms with Gasteiger partial charge in [-0.05, 0) is 12.1 Å². The highest BCUT2D eigenvalue weighted by Crippen LogP contribution is 2.15. The van der Waals surface area contributed by atoms with Gasteiger partial charge >= 0.3 is 0 Å². The number of carbonyl (C=O) groups is 1. The van der Waals surface area contributed by atoms with E-state index in [4.69, 9.17) is 11.6 Å². The molecule has 0 fully saturated rings. The van der Waals surface area contributed by atoms with Crippen molar-refractivity contribution < 1.29 is 4.79 Å². The first-order chi connectivity index (χ1) is 7.27. The first kappa shape index (κ1) is 9.86. The third kappa shape index (κ3) is 2.22. The quantitative estimate of drug-likeness (QED) is 0.743. The molecule has 1 heterocycles. The molecular weight excluding hydrogens is 214 g/mol. The van der Waals surface area contributed by atoms with Crippen LogP contribution in [0.4, 0.5) is 0 Å². The minimum absolute atomic E-state index is 0.0777. The number of rotatable bonds is 3. The van der Waals surface area contributed by atoms with Crippen molar-refractivity contribution in [3.8, 4) is 0 Å². The molecule has 1 aromatic carbocycles. The fourth-order valence-electron chi connectivity index (χ4n) is 1.23. The number of carbonyl (C=O) groups excluding carboxylic acids is 1. The van der Waals surface area contributed by atoms with Crippen LogP contribution >= 0.6 is 11.6 Å². The molecule has 0 bridgehead atoms. The zero-order valence-corrected chi connectivity index (χ0v) is 8.55. The van der Waals surface area contributed by atoms with Crippen molar-refractivity contribution in [1.29, 1.82) is 0 Å². The predicted octanol–water partition coefficient (Wildman–Crippen LogP) is 1.81. The number of hydrogen-bond donors (Lipinski definition) is 0. The Bertz CT molecular complexity index is 467. The first-order valence-corrected chi connectivity index (χ1v) is 4.75. The molecule has 2 aromatic rings. The summed E-state index contributed by atoms with van der Waals surface area (Å²) >= 11 is 5.89. The molecule has 4 nitrogen and oxygen atoms in total. The van der Waals surface area contributed by atoms with Crippen LogP contribution in [0, 0.1) is 0 Å². The molecule has 0 aliphatic carbocycles. The Morgan fingerprint density at radius 3 is 2.87 bits per heavy atom. The molecule has 15 heavy (non-hydrogen) atoms. The summed E-state index contributed by atoms with van der Waals surface area (Å²) in [6, 6.07) is 6.95. The van der Waals surface area contributed by atoms with Crippen LogP contribution in [0.2, 0.25) is 5.02 Å². The monoisotopic (exact) mass is 221 g/mol. The Labute approximate surface area is 91.5 Å². The van der Waals surface area contributed by atoms with Crippen molar-refractivity contribution >= 4 is 17.4 Å². The highest BCUT2D eigenvalue weighted by atomic mass is 35.5. The molecule has 76 valence electrons. The smallest absolute Gasteiger partial charge is 0.185 e. The Kier molecular flexibility index (Phi) is 2.78. The molecule has 5 heteroatoms. The Hall–Kier alpha value is -1.68. The molecule has 0 aliphatic heterocycles. The standard InChI is InChI=1S/C10H8ClN3O/c11-9-4-2-1-3-8(9)10(15)5-14-7-12-6-13-14/h1-4,6-7H,5H2. The number of halogens is 1. The van der Waals surface area contributed by atoms with Gasteiger partial charge in [-0.3, -0.25) is 4.79 Å². The van der Waals surface area contributed by atoms with Gasteiger partial charge in [0, 0.05) is 5.56 Å². The van der Waals surface area contributed by atoms with Crippen LogP contribution in [0.5, 0.6) is 0 Å². The van der Waals surface area contributed by atoms with E-state index in [1.54, 1.807) is 24.3 Å². The van der Waals surface area contributed by atoms with Crippen molar-refractivity contribution in [2.24, 2.45) is 0 Å². The third-order valence-electron chi connectivity index (χ3n) is 1.95. The molecule has 0 amide bonds. The maximum atomic E-state index is 11.8. The first-order valence-electron chi connectivity index (χ1n) is 4.37. The van der Waals surface area contributed by atoms with Gasteiger partial charge in [0.2, 0.25) is 0 Å². The second kappa shape index (κ2) is 4.23. The summed E-state index contributed by atoms with van der Waals surface area (Å²) in [6.07, 6.45) is 2.88. The molecule has 0 saturated carbocycles. The SMILES string of the molecule is O=C(Cn1cncn1)c1ccccc1Cl. The van der Waals surface area contributed by atoms with E-state index in [0.29, 0.717) is 10.6 Å². The van der Waals surface area contributed by atoms with Crippen LogP contribution < -0.4 is 0 Å². The van der Waals surface area contributed by atoms with E-state index in [1.807, 2.05) is 0 Å². The Morgan fingerprint density at radius 2 is 2.20 bits per heavy atom. The van der Waals surface area contributed by atoms with Crippen molar-refractivity contribution in [1.82, 2.24) is 14.8 Å². The minimum Gasteiger partial charge on any atom is -0.292 e. The number of nitrogens with zero attached hydrogens (tertiary/aromatic N) is 3. The van der Waals surface area contributed by atoms with E-state index < -0.39 is 0 Å². The normalized spacial score (nSPS) is 10.2. The zero-order chi connectivity index (χ0) is 10.7. The average molecular weight is 222 g/mol. The van der Waals surface area contributed by atoms with Crippen molar-refractivity contribution in [3.05, 3.63) is 47.5 Å². The summed E-state index contributed by atoms with van der Waals surface area (Å²) < 4.78 is 1.46. The Morgan fingerprint density at radius 1 is 1.40 bits per heavy atom. The van der Waals surface area contributed by atoms with Gasteiger partial charge in [0.25, 0.3) is 0 Å².